The fourth-order valence-corrected chi connectivity index (χ4v) is 3.39. The summed E-state index contributed by atoms with van der Waals surface area (Å²) in [6.45, 7) is 2.22. The first kappa shape index (κ1) is 19.8. The van der Waals surface area contributed by atoms with E-state index in [0.29, 0.717) is 10.7 Å². The van der Waals surface area contributed by atoms with Gasteiger partial charge in [0.2, 0.25) is 5.91 Å². The summed E-state index contributed by atoms with van der Waals surface area (Å²) in [6.07, 6.45) is 7.11. The van der Waals surface area contributed by atoms with Crippen LogP contribution in [0.4, 0.5) is 5.69 Å². The number of nitrogens with zero attached hydrogens (tertiary/aromatic N) is 3. The first-order valence-corrected chi connectivity index (χ1v) is 10.0. The van der Waals surface area contributed by atoms with Crippen molar-refractivity contribution in [1.29, 1.82) is 0 Å². The summed E-state index contributed by atoms with van der Waals surface area (Å²) < 4.78 is 1.98. The third kappa shape index (κ3) is 6.71. The molecular formula is C18H25ClN4OS. The van der Waals surface area contributed by atoms with Crippen LogP contribution in [0.2, 0.25) is 5.02 Å². The predicted octanol–water partition coefficient (Wildman–Crippen LogP) is 4.71. The Morgan fingerprint density at radius 1 is 1.24 bits per heavy atom. The quantitative estimate of drug-likeness (QED) is 0.479. The number of rotatable bonds is 10. The van der Waals surface area contributed by atoms with Gasteiger partial charge in [-0.3, -0.25) is 4.79 Å². The zero-order valence-corrected chi connectivity index (χ0v) is 16.4. The Bertz CT molecular complexity index is 689. The molecule has 0 saturated heterocycles. The van der Waals surface area contributed by atoms with E-state index in [4.69, 9.17) is 11.6 Å². The number of carbonyl (C=O) groups excluding carboxylic acids is 1. The molecule has 5 nitrogen and oxygen atoms in total. The van der Waals surface area contributed by atoms with Gasteiger partial charge in [-0.25, -0.2) is 0 Å². The number of thioether (sulfide) groups is 1. The summed E-state index contributed by atoms with van der Waals surface area (Å²) in [4.78, 5) is 12.1. The van der Waals surface area contributed by atoms with Crippen molar-refractivity contribution >= 4 is 35.0 Å². The van der Waals surface area contributed by atoms with E-state index in [1.165, 1.54) is 37.4 Å². The summed E-state index contributed by atoms with van der Waals surface area (Å²) in [5.41, 5.74) is 0.698. The Labute approximate surface area is 158 Å². The van der Waals surface area contributed by atoms with Crippen molar-refractivity contribution < 1.29 is 4.79 Å². The first-order valence-electron chi connectivity index (χ1n) is 8.66. The molecule has 1 heterocycles. The summed E-state index contributed by atoms with van der Waals surface area (Å²) in [6, 6.07) is 7.12. The SMILES string of the molecule is CCCCCCCc1nnc(SCC(=O)Nc2cccc(Cl)c2)n1C. The van der Waals surface area contributed by atoms with Crippen molar-refractivity contribution in [3.05, 3.63) is 35.1 Å². The van der Waals surface area contributed by atoms with Gasteiger partial charge < -0.3 is 9.88 Å². The Kier molecular flexibility index (Phi) is 8.28. The number of amides is 1. The van der Waals surface area contributed by atoms with Crippen LogP contribution in [0, 0.1) is 0 Å². The third-order valence-corrected chi connectivity index (χ3v) is 5.13. The highest BCUT2D eigenvalue weighted by Gasteiger charge is 2.11. The van der Waals surface area contributed by atoms with Gasteiger partial charge in [0.15, 0.2) is 5.16 Å². The van der Waals surface area contributed by atoms with Crippen LogP contribution in [0.25, 0.3) is 0 Å². The Morgan fingerprint density at radius 3 is 2.80 bits per heavy atom. The van der Waals surface area contributed by atoms with Gasteiger partial charge in [0.1, 0.15) is 5.82 Å². The number of benzene rings is 1. The van der Waals surface area contributed by atoms with Gasteiger partial charge >= 0.3 is 0 Å². The van der Waals surface area contributed by atoms with Gasteiger partial charge in [-0.1, -0.05) is 62.0 Å². The first-order chi connectivity index (χ1) is 12.1. The average Bonchev–Trinajstić information content (AvgIpc) is 2.93. The Balaban J connectivity index is 1.77. The number of aromatic nitrogens is 3. The van der Waals surface area contributed by atoms with E-state index in [2.05, 4.69) is 22.4 Å². The van der Waals surface area contributed by atoms with Crippen molar-refractivity contribution in [3.63, 3.8) is 0 Å². The molecule has 0 spiro atoms. The molecule has 25 heavy (non-hydrogen) atoms. The molecule has 2 aromatic rings. The number of nitrogens with one attached hydrogen (secondary N) is 1. The van der Waals surface area contributed by atoms with Gasteiger partial charge in [-0.2, -0.15) is 0 Å². The Hall–Kier alpha value is -1.53. The van der Waals surface area contributed by atoms with Crippen LogP contribution in [0.15, 0.2) is 29.4 Å². The van der Waals surface area contributed by atoms with E-state index in [1.807, 2.05) is 17.7 Å². The summed E-state index contributed by atoms with van der Waals surface area (Å²) >= 11 is 7.31. The van der Waals surface area contributed by atoms with Gasteiger partial charge in [0.25, 0.3) is 0 Å². The number of carbonyl (C=O) groups is 1. The molecule has 2 rings (SSSR count). The molecule has 0 unspecified atom stereocenters. The van der Waals surface area contributed by atoms with Crippen molar-refractivity contribution in [3.8, 4) is 0 Å². The second-order valence-electron chi connectivity index (χ2n) is 5.97. The van der Waals surface area contributed by atoms with Crippen molar-refractivity contribution in [2.75, 3.05) is 11.1 Å². The second-order valence-corrected chi connectivity index (χ2v) is 7.35. The molecule has 0 bridgehead atoms. The minimum absolute atomic E-state index is 0.0867. The largest absolute Gasteiger partial charge is 0.325 e. The van der Waals surface area contributed by atoms with E-state index in [0.717, 1.165) is 23.8 Å². The monoisotopic (exact) mass is 380 g/mol. The lowest BCUT2D eigenvalue weighted by molar-refractivity contribution is -0.113. The van der Waals surface area contributed by atoms with Gasteiger partial charge in [-0.15, -0.1) is 10.2 Å². The molecule has 0 aliphatic carbocycles. The molecule has 1 amide bonds. The fraction of sp³-hybridized carbons (Fsp3) is 0.500. The predicted molar refractivity (Wildman–Crippen MR) is 104 cm³/mol. The average molecular weight is 381 g/mol. The van der Waals surface area contributed by atoms with Crippen molar-refractivity contribution in [2.24, 2.45) is 7.05 Å². The van der Waals surface area contributed by atoms with Crippen molar-refractivity contribution in [2.45, 2.75) is 50.6 Å². The summed E-state index contributed by atoms with van der Waals surface area (Å²) in [5.74, 6) is 1.18. The standard InChI is InChI=1S/C18H25ClN4OS/c1-3-4-5-6-7-11-16-21-22-18(23(16)2)25-13-17(24)20-15-10-8-9-14(19)12-15/h8-10,12H,3-7,11,13H2,1-2H3,(H,20,24). The highest BCUT2D eigenvalue weighted by Crippen LogP contribution is 2.19. The molecule has 0 atom stereocenters. The molecule has 1 aromatic carbocycles. The maximum Gasteiger partial charge on any atom is 0.234 e. The minimum Gasteiger partial charge on any atom is -0.325 e. The van der Waals surface area contributed by atoms with Crippen LogP contribution in [0.5, 0.6) is 0 Å². The fourth-order valence-electron chi connectivity index (χ4n) is 2.47. The number of halogens is 1. The van der Waals surface area contributed by atoms with Gasteiger partial charge in [0.05, 0.1) is 5.75 Å². The maximum absolute atomic E-state index is 12.1. The molecule has 0 aliphatic rings. The maximum atomic E-state index is 12.1. The lowest BCUT2D eigenvalue weighted by atomic mass is 10.1. The summed E-state index contributed by atoms with van der Waals surface area (Å²) in [5, 5.41) is 12.6. The van der Waals surface area contributed by atoms with Crippen LogP contribution in [-0.2, 0) is 18.3 Å². The van der Waals surface area contributed by atoms with E-state index < -0.39 is 0 Å². The number of anilines is 1. The zero-order valence-electron chi connectivity index (χ0n) is 14.8. The number of unbranched alkanes of at least 4 members (excludes halogenated alkanes) is 4. The van der Waals surface area contributed by atoms with Gasteiger partial charge in [-0.05, 0) is 24.6 Å². The number of hydrogen-bond donors (Lipinski definition) is 1. The van der Waals surface area contributed by atoms with E-state index in [-0.39, 0.29) is 11.7 Å². The van der Waals surface area contributed by atoms with Crippen LogP contribution < -0.4 is 5.32 Å². The normalized spacial score (nSPS) is 10.8. The van der Waals surface area contributed by atoms with Gasteiger partial charge in [0, 0.05) is 24.2 Å². The lowest BCUT2D eigenvalue weighted by Crippen LogP contribution is -2.14. The molecule has 0 radical (unpaired) electrons. The second kappa shape index (κ2) is 10.5. The number of hydrogen-bond acceptors (Lipinski definition) is 4. The molecular weight excluding hydrogens is 356 g/mol. The third-order valence-electron chi connectivity index (χ3n) is 3.87. The van der Waals surface area contributed by atoms with E-state index in [1.54, 1.807) is 18.2 Å². The molecule has 1 N–H and O–H groups in total. The van der Waals surface area contributed by atoms with Crippen LogP contribution >= 0.6 is 23.4 Å². The molecule has 136 valence electrons. The highest BCUT2D eigenvalue weighted by molar-refractivity contribution is 7.99. The van der Waals surface area contributed by atoms with E-state index in [9.17, 15) is 4.79 Å². The highest BCUT2D eigenvalue weighted by atomic mass is 35.5. The van der Waals surface area contributed by atoms with Crippen molar-refractivity contribution in [1.82, 2.24) is 14.8 Å². The summed E-state index contributed by atoms with van der Waals surface area (Å²) in [7, 11) is 1.96. The minimum atomic E-state index is -0.0867. The molecule has 0 fully saturated rings. The molecule has 7 heteroatoms. The van der Waals surface area contributed by atoms with Crippen LogP contribution in [0.3, 0.4) is 0 Å². The number of aryl methyl sites for hydroxylation is 1. The van der Waals surface area contributed by atoms with Crippen LogP contribution in [0.1, 0.15) is 44.9 Å². The lowest BCUT2D eigenvalue weighted by Gasteiger charge is -2.06. The molecule has 1 aromatic heterocycles. The molecule has 0 saturated carbocycles. The topological polar surface area (TPSA) is 59.8 Å². The zero-order chi connectivity index (χ0) is 18.1. The van der Waals surface area contributed by atoms with E-state index >= 15 is 0 Å². The Morgan fingerprint density at radius 2 is 2.04 bits per heavy atom. The molecule has 0 aliphatic heterocycles. The van der Waals surface area contributed by atoms with Crippen LogP contribution in [-0.4, -0.2) is 26.4 Å². The smallest absolute Gasteiger partial charge is 0.234 e.